The Morgan fingerprint density at radius 3 is 2.14 bits per heavy atom. The Labute approximate surface area is 169 Å². The van der Waals surface area contributed by atoms with Crippen molar-refractivity contribution in [3.63, 3.8) is 0 Å². The molecule has 28 heavy (non-hydrogen) atoms. The van der Waals surface area contributed by atoms with E-state index in [0.717, 1.165) is 31.4 Å². The van der Waals surface area contributed by atoms with Crippen molar-refractivity contribution in [3.05, 3.63) is 35.9 Å². The molecule has 1 aromatic rings. The third-order valence-electron chi connectivity index (χ3n) is 4.50. The third kappa shape index (κ3) is 11.7. The molecule has 0 radical (unpaired) electrons. The van der Waals surface area contributed by atoms with Crippen LogP contribution in [0, 0.1) is 0 Å². The van der Waals surface area contributed by atoms with Crippen molar-refractivity contribution in [2.75, 3.05) is 34.3 Å². The first-order valence-corrected chi connectivity index (χ1v) is 10.2. The molecule has 0 saturated carbocycles. The minimum Gasteiger partial charge on any atom is -0.469 e. The molecule has 0 N–H and O–H groups in total. The summed E-state index contributed by atoms with van der Waals surface area (Å²) in [4.78, 5) is 31.8. The highest BCUT2D eigenvalue weighted by Crippen LogP contribution is 2.11. The van der Waals surface area contributed by atoms with Crippen molar-refractivity contribution in [3.8, 4) is 0 Å². The summed E-state index contributed by atoms with van der Waals surface area (Å²) in [6.45, 7) is 1.65. The SMILES string of the molecule is COC(=O)CCN(OCc1ccccc1)C(=O)CCCCCCCCN(C)C. The van der Waals surface area contributed by atoms with Crippen molar-refractivity contribution in [1.82, 2.24) is 9.96 Å². The summed E-state index contributed by atoms with van der Waals surface area (Å²) in [7, 11) is 5.53. The first-order valence-electron chi connectivity index (χ1n) is 10.2. The Bertz CT molecular complexity index is 549. The molecule has 0 aliphatic rings. The monoisotopic (exact) mass is 392 g/mol. The second kappa shape index (κ2) is 15.1. The van der Waals surface area contributed by atoms with Gasteiger partial charge in [0.05, 0.1) is 20.1 Å². The van der Waals surface area contributed by atoms with E-state index in [1.165, 1.54) is 31.4 Å². The highest BCUT2D eigenvalue weighted by molar-refractivity contribution is 5.76. The zero-order valence-corrected chi connectivity index (χ0v) is 17.7. The lowest BCUT2D eigenvalue weighted by atomic mass is 10.1. The lowest BCUT2D eigenvalue weighted by Gasteiger charge is -2.21. The molecule has 0 atom stereocenters. The molecule has 6 heteroatoms. The largest absolute Gasteiger partial charge is 0.469 e. The first kappa shape index (κ1) is 24.1. The fourth-order valence-corrected chi connectivity index (χ4v) is 2.82. The van der Waals surface area contributed by atoms with Crippen LogP contribution >= 0.6 is 0 Å². The summed E-state index contributed by atoms with van der Waals surface area (Å²) in [5.74, 6) is -0.425. The van der Waals surface area contributed by atoms with Crippen LogP contribution in [0.2, 0.25) is 0 Å². The molecular formula is C22H36N2O4. The van der Waals surface area contributed by atoms with Crippen LogP contribution in [0.3, 0.4) is 0 Å². The molecule has 0 aromatic heterocycles. The highest BCUT2D eigenvalue weighted by Gasteiger charge is 2.16. The molecule has 1 aromatic carbocycles. The Morgan fingerprint density at radius 2 is 1.50 bits per heavy atom. The van der Waals surface area contributed by atoms with E-state index in [0.29, 0.717) is 13.0 Å². The molecule has 158 valence electrons. The molecule has 0 aliphatic heterocycles. The highest BCUT2D eigenvalue weighted by atomic mass is 16.7. The van der Waals surface area contributed by atoms with Gasteiger partial charge in [-0.1, -0.05) is 56.0 Å². The number of methoxy groups -OCH3 is 1. The van der Waals surface area contributed by atoms with Crippen molar-refractivity contribution in [2.45, 2.75) is 58.0 Å². The van der Waals surface area contributed by atoms with Gasteiger partial charge < -0.3 is 9.64 Å². The average molecular weight is 393 g/mol. The second-order valence-corrected chi connectivity index (χ2v) is 7.26. The maximum Gasteiger partial charge on any atom is 0.307 e. The molecule has 0 heterocycles. The molecule has 0 spiro atoms. The van der Waals surface area contributed by atoms with Crippen LogP contribution in [-0.4, -0.2) is 56.1 Å². The Hall–Kier alpha value is -1.92. The van der Waals surface area contributed by atoms with Crippen LogP contribution in [0.4, 0.5) is 0 Å². The van der Waals surface area contributed by atoms with E-state index < -0.39 is 0 Å². The van der Waals surface area contributed by atoms with Crippen molar-refractivity contribution in [2.24, 2.45) is 0 Å². The quantitative estimate of drug-likeness (QED) is 0.258. The second-order valence-electron chi connectivity index (χ2n) is 7.26. The van der Waals surface area contributed by atoms with E-state index in [1.54, 1.807) is 0 Å². The molecule has 1 rings (SSSR count). The molecular weight excluding hydrogens is 356 g/mol. The fraction of sp³-hybridized carbons (Fsp3) is 0.636. The molecule has 1 amide bonds. The van der Waals surface area contributed by atoms with Gasteiger partial charge in [-0.25, -0.2) is 5.06 Å². The number of ether oxygens (including phenoxy) is 1. The Kier molecular flexibility index (Phi) is 13.0. The summed E-state index contributed by atoms with van der Waals surface area (Å²) in [5.41, 5.74) is 0.982. The molecule has 0 unspecified atom stereocenters. The summed E-state index contributed by atoms with van der Waals surface area (Å²) >= 11 is 0. The number of esters is 1. The minimum atomic E-state index is -0.348. The van der Waals surface area contributed by atoms with Gasteiger partial charge in [-0.15, -0.1) is 0 Å². The third-order valence-corrected chi connectivity index (χ3v) is 4.50. The molecule has 0 fully saturated rings. The number of nitrogens with zero attached hydrogens (tertiary/aromatic N) is 2. The smallest absolute Gasteiger partial charge is 0.307 e. The number of carbonyl (C=O) groups is 2. The van der Waals surface area contributed by atoms with Gasteiger partial charge in [-0.3, -0.25) is 14.4 Å². The summed E-state index contributed by atoms with van der Waals surface area (Å²) in [6.07, 6.45) is 7.26. The van der Waals surface area contributed by atoms with Gasteiger partial charge in [-0.2, -0.15) is 0 Å². The zero-order valence-electron chi connectivity index (χ0n) is 17.7. The van der Waals surface area contributed by atoms with E-state index in [2.05, 4.69) is 23.7 Å². The maximum absolute atomic E-state index is 12.5. The standard InChI is InChI=1S/C22H36N2O4/c1-23(2)17-12-7-5-4-6-11-15-21(25)24(18-16-22(26)27-3)28-19-20-13-9-8-10-14-20/h8-10,13-14H,4-7,11-12,15-19H2,1-3H3. The molecule has 6 nitrogen and oxygen atoms in total. The van der Waals surface area contributed by atoms with Crippen LogP contribution in [0.25, 0.3) is 0 Å². The number of benzene rings is 1. The number of carbonyl (C=O) groups excluding carboxylic acids is 2. The predicted octanol–water partition coefficient (Wildman–Crippen LogP) is 3.80. The van der Waals surface area contributed by atoms with Gasteiger partial charge in [0, 0.05) is 6.42 Å². The van der Waals surface area contributed by atoms with Gasteiger partial charge in [0.1, 0.15) is 6.61 Å². The van der Waals surface area contributed by atoms with E-state index in [4.69, 9.17) is 4.84 Å². The predicted molar refractivity (Wildman–Crippen MR) is 110 cm³/mol. The minimum absolute atomic E-state index is 0.0764. The lowest BCUT2D eigenvalue weighted by Crippen LogP contribution is -2.33. The number of hydrogen-bond donors (Lipinski definition) is 0. The number of hydroxylamine groups is 2. The van der Waals surface area contributed by atoms with Gasteiger partial charge in [0.15, 0.2) is 0 Å². The van der Waals surface area contributed by atoms with E-state index >= 15 is 0 Å². The van der Waals surface area contributed by atoms with E-state index in [-0.39, 0.29) is 24.8 Å². The van der Waals surface area contributed by atoms with E-state index in [9.17, 15) is 9.59 Å². The van der Waals surface area contributed by atoms with Gasteiger partial charge in [-0.05, 0) is 39.0 Å². The average Bonchev–Trinajstić information content (AvgIpc) is 2.70. The normalized spacial score (nSPS) is 10.9. The molecule has 0 bridgehead atoms. The molecule has 0 saturated heterocycles. The summed E-state index contributed by atoms with van der Waals surface area (Å²) in [6, 6.07) is 9.68. The van der Waals surface area contributed by atoms with Crippen LogP contribution in [0.15, 0.2) is 30.3 Å². The Morgan fingerprint density at radius 1 is 0.857 bits per heavy atom. The van der Waals surface area contributed by atoms with Crippen LogP contribution < -0.4 is 0 Å². The number of rotatable bonds is 15. The van der Waals surface area contributed by atoms with Crippen LogP contribution in [-0.2, 0) is 25.8 Å². The van der Waals surface area contributed by atoms with Crippen LogP contribution in [0.5, 0.6) is 0 Å². The van der Waals surface area contributed by atoms with Gasteiger partial charge in [0.2, 0.25) is 5.91 Å². The summed E-state index contributed by atoms with van der Waals surface area (Å²) in [5, 5.41) is 1.32. The van der Waals surface area contributed by atoms with Gasteiger partial charge in [0.25, 0.3) is 0 Å². The maximum atomic E-state index is 12.5. The number of amides is 1. The van der Waals surface area contributed by atoms with Crippen LogP contribution in [0.1, 0.15) is 56.9 Å². The topological polar surface area (TPSA) is 59.1 Å². The first-order chi connectivity index (χ1) is 13.5. The van der Waals surface area contributed by atoms with Crippen molar-refractivity contribution in [1.29, 1.82) is 0 Å². The van der Waals surface area contributed by atoms with Crippen molar-refractivity contribution >= 4 is 11.9 Å². The lowest BCUT2D eigenvalue weighted by molar-refractivity contribution is -0.193. The van der Waals surface area contributed by atoms with Crippen molar-refractivity contribution < 1.29 is 19.2 Å². The number of hydrogen-bond acceptors (Lipinski definition) is 5. The fourth-order valence-electron chi connectivity index (χ4n) is 2.82. The van der Waals surface area contributed by atoms with Gasteiger partial charge >= 0.3 is 5.97 Å². The number of unbranched alkanes of at least 4 members (excludes halogenated alkanes) is 5. The van der Waals surface area contributed by atoms with E-state index in [1.807, 2.05) is 30.3 Å². The molecule has 0 aliphatic carbocycles. The summed E-state index contributed by atoms with van der Waals surface area (Å²) < 4.78 is 4.67. The Balaban J connectivity index is 2.31. The zero-order chi connectivity index (χ0) is 20.6.